The Morgan fingerprint density at radius 3 is 2.56 bits per heavy atom. The van der Waals surface area contributed by atoms with Gasteiger partial charge in [0.2, 0.25) is 0 Å². The Bertz CT molecular complexity index is 309. The van der Waals surface area contributed by atoms with E-state index in [0.29, 0.717) is 0 Å². The third-order valence-corrected chi connectivity index (χ3v) is 3.83. The van der Waals surface area contributed by atoms with Crippen LogP contribution in [0.1, 0.15) is 45.2 Å². The first kappa shape index (κ1) is 13.6. The van der Waals surface area contributed by atoms with Crippen LogP contribution >= 0.6 is 11.8 Å². The molecular weight excluding hydrogens is 214 g/mol. The molecule has 1 nitrogen and oxygen atoms in total. The first-order chi connectivity index (χ1) is 7.65. The van der Waals surface area contributed by atoms with Gasteiger partial charge in [0.1, 0.15) is 0 Å². The van der Waals surface area contributed by atoms with E-state index in [0.717, 1.165) is 12.3 Å². The zero-order valence-corrected chi connectivity index (χ0v) is 11.4. The molecule has 16 heavy (non-hydrogen) atoms. The van der Waals surface area contributed by atoms with Gasteiger partial charge in [-0.2, -0.15) is 0 Å². The number of thioether (sulfide) groups is 1. The summed E-state index contributed by atoms with van der Waals surface area (Å²) in [5, 5.41) is 0. The zero-order chi connectivity index (χ0) is 12.0. The fourth-order valence-electron chi connectivity index (χ4n) is 1.54. The third-order valence-electron chi connectivity index (χ3n) is 2.71. The third kappa shape index (κ3) is 4.18. The van der Waals surface area contributed by atoms with Crippen LogP contribution in [0.4, 0.5) is 0 Å². The van der Waals surface area contributed by atoms with E-state index in [9.17, 15) is 0 Å². The van der Waals surface area contributed by atoms with Crippen molar-refractivity contribution in [1.29, 1.82) is 0 Å². The second-order valence-electron chi connectivity index (χ2n) is 4.58. The second-order valence-corrected chi connectivity index (χ2v) is 5.72. The molecule has 0 amide bonds. The molecule has 0 saturated carbocycles. The van der Waals surface area contributed by atoms with E-state index in [2.05, 4.69) is 45.0 Å². The Morgan fingerprint density at radius 1 is 1.25 bits per heavy atom. The van der Waals surface area contributed by atoms with Gasteiger partial charge in [0.15, 0.2) is 0 Å². The van der Waals surface area contributed by atoms with E-state index in [-0.39, 0.29) is 6.04 Å². The van der Waals surface area contributed by atoms with Crippen molar-refractivity contribution in [2.75, 3.05) is 5.75 Å². The van der Waals surface area contributed by atoms with Crippen LogP contribution in [0.25, 0.3) is 0 Å². The lowest BCUT2D eigenvalue weighted by atomic mass is 10.1. The summed E-state index contributed by atoms with van der Waals surface area (Å²) >= 11 is 1.94. The Hall–Kier alpha value is -0.470. The van der Waals surface area contributed by atoms with Crippen LogP contribution in [0.3, 0.4) is 0 Å². The lowest BCUT2D eigenvalue weighted by Crippen LogP contribution is -2.09. The maximum absolute atomic E-state index is 6.11. The van der Waals surface area contributed by atoms with Crippen molar-refractivity contribution in [3.63, 3.8) is 0 Å². The van der Waals surface area contributed by atoms with Crippen LogP contribution in [0.5, 0.6) is 0 Å². The van der Waals surface area contributed by atoms with E-state index in [1.165, 1.54) is 22.6 Å². The highest BCUT2D eigenvalue weighted by Crippen LogP contribution is 2.28. The topological polar surface area (TPSA) is 26.0 Å². The van der Waals surface area contributed by atoms with Crippen LogP contribution in [0.2, 0.25) is 0 Å². The highest BCUT2D eigenvalue weighted by molar-refractivity contribution is 7.99. The summed E-state index contributed by atoms with van der Waals surface area (Å²) in [6.45, 7) is 6.68. The molecule has 0 bridgehead atoms. The first-order valence-corrected chi connectivity index (χ1v) is 7.11. The molecular formula is C14H23NS. The summed E-state index contributed by atoms with van der Waals surface area (Å²) in [6.07, 6.45) is 2.27. The van der Waals surface area contributed by atoms with Crippen molar-refractivity contribution in [3.05, 3.63) is 29.8 Å². The highest BCUT2D eigenvalue weighted by Gasteiger charge is 2.08. The van der Waals surface area contributed by atoms with Crippen LogP contribution in [0, 0.1) is 5.92 Å². The van der Waals surface area contributed by atoms with Crippen molar-refractivity contribution in [3.8, 4) is 0 Å². The molecule has 1 rings (SSSR count). The fraction of sp³-hybridized carbons (Fsp3) is 0.571. The predicted molar refractivity (Wildman–Crippen MR) is 73.8 cm³/mol. The van der Waals surface area contributed by atoms with E-state index in [1.807, 2.05) is 11.8 Å². The molecule has 0 fully saturated rings. The van der Waals surface area contributed by atoms with E-state index in [1.54, 1.807) is 0 Å². The number of nitrogens with two attached hydrogens (primary N) is 1. The Kier molecular flexibility index (Phi) is 5.93. The van der Waals surface area contributed by atoms with Crippen molar-refractivity contribution in [2.45, 2.75) is 44.6 Å². The normalized spacial score (nSPS) is 13.1. The van der Waals surface area contributed by atoms with E-state index in [4.69, 9.17) is 5.73 Å². The molecule has 90 valence electrons. The van der Waals surface area contributed by atoms with Crippen LogP contribution in [-0.2, 0) is 0 Å². The summed E-state index contributed by atoms with van der Waals surface area (Å²) in [5.41, 5.74) is 7.42. The molecule has 0 aromatic heterocycles. The molecule has 1 atom stereocenters. The van der Waals surface area contributed by atoms with Gasteiger partial charge in [-0.1, -0.05) is 39.0 Å². The molecule has 0 spiro atoms. The summed E-state index contributed by atoms with van der Waals surface area (Å²) in [5.74, 6) is 1.96. The molecule has 0 radical (unpaired) electrons. The Balaban J connectivity index is 2.64. The summed E-state index contributed by atoms with van der Waals surface area (Å²) < 4.78 is 0. The van der Waals surface area contributed by atoms with Gasteiger partial charge in [0, 0.05) is 10.9 Å². The van der Waals surface area contributed by atoms with Crippen molar-refractivity contribution >= 4 is 11.8 Å². The van der Waals surface area contributed by atoms with Gasteiger partial charge in [-0.3, -0.25) is 0 Å². The Labute approximate surface area is 104 Å². The smallest absolute Gasteiger partial charge is 0.0303 e. The van der Waals surface area contributed by atoms with Crippen molar-refractivity contribution in [1.82, 2.24) is 0 Å². The highest BCUT2D eigenvalue weighted by atomic mass is 32.2. The molecule has 0 aliphatic heterocycles. The number of rotatable bonds is 6. The van der Waals surface area contributed by atoms with E-state index < -0.39 is 0 Å². The van der Waals surface area contributed by atoms with Gasteiger partial charge in [0.25, 0.3) is 0 Å². The van der Waals surface area contributed by atoms with Crippen molar-refractivity contribution in [2.24, 2.45) is 11.7 Å². The quantitative estimate of drug-likeness (QED) is 0.749. The van der Waals surface area contributed by atoms with Gasteiger partial charge in [0.05, 0.1) is 0 Å². The van der Waals surface area contributed by atoms with E-state index >= 15 is 0 Å². The largest absolute Gasteiger partial charge is 0.324 e. The van der Waals surface area contributed by atoms with Crippen LogP contribution in [0.15, 0.2) is 29.2 Å². The average molecular weight is 237 g/mol. The molecule has 2 N–H and O–H groups in total. The Morgan fingerprint density at radius 2 is 1.94 bits per heavy atom. The van der Waals surface area contributed by atoms with Crippen LogP contribution < -0.4 is 5.73 Å². The summed E-state index contributed by atoms with van der Waals surface area (Å²) in [6, 6.07) is 8.71. The van der Waals surface area contributed by atoms with Gasteiger partial charge < -0.3 is 5.73 Å². The van der Waals surface area contributed by atoms with Gasteiger partial charge >= 0.3 is 0 Å². The predicted octanol–water partition coefficient (Wildman–Crippen LogP) is 4.23. The maximum Gasteiger partial charge on any atom is 0.0303 e. The molecule has 0 aliphatic rings. The fourth-order valence-corrected chi connectivity index (χ4v) is 2.91. The zero-order valence-electron chi connectivity index (χ0n) is 10.6. The second kappa shape index (κ2) is 6.97. The van der Waals surface area contributed by atoms with Gasteiger partial charge in [-0.25, -0.2) is 0 Å². The maximum atomic E-state index is 6.11. The molecule has 1 aromatic rings. The minimum absolute atomic E-state index is 0.183. The monoisotopic (exact) mass is 237 g/mol. The molecule has 1 aromatic carbocycles. The molecule has 0 saturated heterocycles. The number of hydrogen-bond donors (Lipinski definition) is 1. The lowest BCUT2D eigenvalue weighted by molar-refractivity contribution is 0.631. The molecule has 0 heterocycles. The first-order valence-electron chi connectivity index (χ1n) is 6.12. The lowest BCUT2D eigenvalue weighted by Gasteiger charge is -2.14. The van der Waals surface area contributed by atoms with Gasteiger partial charge in [-0.05, 0) is 36.1 Å². The standard InChI is InChI=1S/C14H23NS/c1-4-13(15)12-7-5-6-8-14(12)16-10-9-11(2)3/h5-8,11,13H,4,9-10,15H2,1-3H3/t13-/m1/s1. The summed E-state index contributed by atoms with van der Waals surface area (Å²) in [7, 11) is 0. The van der Waals surface area contributed by atoms with Gasteiger partial charge in [-0.15, -0.1) is 11.8 Å². The minimum Gasteiger partial charge on any atom is -0.324 e. The molecule has 0 unspecified atom stereocenters. The van der Waals surface area contributed by atoms with Crippen molar-refractivity contribution < 1.29 is 0 Å². The SMILES string of the molecule is CC[C@@H](N)c1ccccc1SCCC(C)C. The average Bonchev–Trinajstić information content (AvgIpc) is 2.28. The van der Waals surface area contributed by atoms with Crippen LogP contribution in [-0.4, -0.2) is 5.75 Å². The summed E-state index contributed by atoms with van der Waals surface area (Å²) in [4.78, 5) is 1.36. The molecule has 0 aliphatic carbocycles. The number of benzene rings is 1. The molecule has 2 heteroatoms. The number of hydrogen-bond acceptors (Lipinski definition) is 2. The minimum atomic E-state index is 0.183.